The maximum absolute atomic E-state index is 5.53. The molecule has 64 valence electrons. The number of nitrogen functional groups attached to an aromatic ring is 2. The Bertz CT molecular complexity index is 226. The van der Waals surface area contributed by atoms with Gasteiger partial charge in [0.05, 0.1) is 0 Å². The van der Waals surface area contributed by atoms with Gasteiger partial charge in [0.2, 0.25) is 0 Å². The topological polar surface area (TPSA) is 52.0 Å². The molecule has 0 spiro atoms. The van der Waals surface area contributed by atoms with Gasteiger partial charge in [-0.15, -0.1) is 24.8 Å². The summed E-state index contributed by atoms with van der Waals surface area (Å²) in [6.45, 7) is 1.94. The molecule has 1 aromatic carbocycles. The third-order valence-corrected chi connectivity index (χ3v) is 1.29. The van der Waals surface area contributed by atoms with E-state index < -0.39 is 0 Å². The van der Waals surface area contributed by atoms with Gasteiger partial charge in [-0.25, -0.2) is 0 Å². The van der Waals surface area contributed by atoms with Gasteiger partial charge < -0.3 is 11.5 Å². The van der Waals surface area contributed by atoms with Gasteiger partial charge >= 0.3 is 0 Å². The maximum Gasteiger partial charge on any atom is 0.0345 e. The number of hydrogen-bond donors (Lipinski definition) is 2. The van der Waals surface area contributed by atoms with Gasteiger partial charge in [0.1, 0.15) is 0 Å². The van der Waals surface area contributed by atoms with Crippen LogP contribution in [-0.2, 0) is 0 Å². The van der Waals surface area contributed by atoms with E-state index in [1.165, 1.54) is 0 Å². The van der Waals surface area contributed by atoms with Crippen LogP contribution in [0.25, 0.3) is 0 Å². The third kappa shape index (κ3) is 3.35. The summed E-state index contributed by atoms with van der Waals surface area (Å²) in [4.78, 5) is 0. The number of hydrogen-bond acceptors (Lipinski definition) is 2. The fourth-order valence-electron chi connectivity index (χ4n) is 0.699. The van der Waals surface area contributed by atoms with Crippen LogP contribution < -0.4 is 11.5 Å². The Labute approximate surface area is 78.8 Å². The van der Waals surface area contributed by atoms with Crippen molar-refractivity contribution in [3.8, 4) is 0 Å². The van der Waals surface area contributed by atoms with Gasteiger partial charge in [0.15, 0.2) is 0 Å². The fourth-order valence-corrected chi connectivity index (χ4v) is 0.699. The average Bonchev–Trinajstić information content (AvgIpc) is 1.80. The molecule has 0 heterocycles. The van der Waals surface area contributed by atoms with Crippen molar-refractivity contribution < 1.29 is 0 Å². The zero-order valence-electron chi connectivity index (χ0n) is 6.20. The number of rotatable bonds is 0. The summed E-state index contributed by atoms with van der Waals surface area (Å²) in [5, 5.41) is 0. The summed E-state index contributed by atoms with van der Waals surface area (Å²) in [6, 6.07) is 5.46. The molecule has 1 rings (SSSR count). The molecule has 0 aliphatic heterocycles. The van der Waals surface area contributed by atoms with E-state index in [2.05, 4.69) is 0 Å². The normalized spacial score (nSPS) is 7.73. The number of anilines is 2. The van der Waals surface area contributed by atoms with Crippen molar-refractivity contribution in [2.75, 3.05) is 11.5 Å². The molecule has 0 unspecified atom stereocenters. The lowest BCUT2D eigenvalue weighted by molar-refractivity contribution is 1.47. The average molecular weight is 195 g/mol. The SMILES string of the molecule is Cc1cc(N)ccc1N.Cl.Cl. The van der Waals surface area contributed by atoms with Crippen LogP contribution in [0.4, 0.5) is 11.4 Å². The third-order valence-electron chi connectivity index (χ3n) is 1.29. The molecule has 0 aromatic heterocycles. The highest BCUT2D eigenvalue weighted by Crippen LogP contribution is 2.12. The largest absolute Gasteiger partial charge is 0.399 e. The second kappa shape index (κ2) is 5.10. The molecule has 0 fully saturated rings. The van der Waals surface area contributed by atoms with E-state index in [0.29, 0.717) is 0 Å². The molecule has 2 nitrogen and oxygen atoms in total. The second-order valence-corrected chi connectivity index (χ2v) is 2.12. The Hall–Kier alpha value is -0.600. The number of benzene rings is 1. The lowest BCUT2D eigenvalue weighted by Crippen LogP contribution is -1.91. The van der Waals surface area contributed by atoms with E-state index in [-0.39, 0.29) is 24.8 Å². The minimum Gasteiger partial charge on any atom is -0.399 e. The molecule has 11 heavy (non-hydrogen) atoms. The molecule has 0 saturated carbocycles. The highest BCUT2D eigenvalue weighted by Gasteiger charge is 1.90. The first kappa shape index (κ1) is 13.0. The fraction of sp³-hybridized carbons (Fsp3) is 0.143. The standard InChI is InChI=1S/C7H10N2.2ClH/c1-5-4-6(8)2-3-7(5)9;;/h2-4H,8-9H2,1H3;2*1H. The Balaban J connectivity index is 0. The molecule has 0 aliphatic rings. The molecule has 0 bridgehead atoms. The van der Waals surface area contributed by atoms with E-state index in [4.69, 9.17) is 11.5 Å². The first-order valence-electron chi connectivity index (χ1n) is 2.82. The van der Waals surface area contributed by atoms with Crippen LogP contribution >= 0.6 is 24.8 Å². The lowest BCUT2D eigenvalue weighted by Gasteiger charge is -1.98. The highest BCUT2D eigenvalue weighted by atomic mass is 35.5. The summed E-state index contributed by atoms with van der Waals surface area (Å²) in [7, 11) is 0. The highest BCUT2D eigenvalue weighted by molar-refractivity contribution is 5.85. The molecule has 0 amide bonds. The number of halogens is 2. The maximum atomic E-state index is 5.53. The van der Waals surface area contributed by atoms with Crippen LogP contribution in [0.5, 0.6) is 0 Å². The van der Waals surface area contributed by atoms with E-state index in [0.717, 1.165) is 16.9 Å². The van der Waals surface area contributed by atoms with Gasteiger partial charge in [0, 0.05) is 11.4 Å². The molecule has 0 atom stereocenters. The monoisotopic (exact) mass is 194 g/mol. The van der Waals surface area contributed by atoms with Crippen LogP contribution in [0.15, 0.2) is 18.2 Å². The summed E-state index contributed by atoms with van der Waals surface area (Å²) in [5.74, 6) is 0. The van der Waals surface area contributed by atoms with Crippen LogP contribution in [0, 0.1) is 6.92 Å². The number of nitrogens with two attached hydrogens (primary N) is 2. The molecule has 4 N–H and O–H groups in total. The Kier molecular flexibility index (Phi) is 6.04. The van der Waals surface area contributed by atoms with Crippen molar-refractivity contribution >= 4 is 36.2 Å². The summed E-state index contributed by atoms with van der Waals surface area (Å²) >= 11 is 0. The molecule has 4 heteroatoms. The van der Waals surface area contributed by atoms with Crippen molar-refractivity contribution in [1.29, 1.82) is 0 Å². The van der Waals surface area contributed by atoms with Gasteiger partial charge in [0.25, 0.3) is 0 Å². The van der Waals surface area contributed by atoms with E-state index in [1.807, 2.05) is 19.1 Å². The molecule has 0 radical (unpaired) electrons. The molecular weight excluding hydrogens is 183 g/mol. The van der Waals surface area contributed by atoms with Crippen molar-refractivity contribution in [3.63, 3.8) is 0 Å². The van der Waals surface area contributed by atoms with Crippen molar-refractivity contribution in [2.24, 2.45) is 0 Å². The van der Waals surface area contributed by atoms with Gasteiger partial charge in [-0.1, -0.05) is 0 Å². The lowest BCUT2D eigenvalue weighted by atomic mass is 10.2. The molecule has 1 aromatic rings. The first-order valence-corrected chi connectivity index (χ1v) is 2.82. The predicted octanol–water partition coefficient (Wildman–Crippen LogP) is 2.00. The van der Waals surface area contributed by atoms with E-state index in [1.54, 1.807) is 6.07 Å². The zero-order chi connectivity index (χ0) is 6.85. The van der Waals surface area contributed by atoms with Gasteiger partial charge in [-0.2, -0.15) is 0 Å². The smallest absolute Gasteiger partial charge is 0.0345 e. The molecule has 0 saturated heterocycles. The van der Waals surface area contributed by atoms with Crippen molar-refractivity contribution in [1.82, 2.24) is 0 Å². The van der Waals surface area contributed by atoms with Crippen molar-refractivity contribution in [2.45, 2.75) is 6.92 Å². The zero-order valence-corrected chi connectivity index (χ0v) is 7.84. The first-order chi connectivity index (χ1) is 4.20. The minimum absolute atomic E-state index is 0. The van der Waals surface area contributed by atoms with Gasteiger partial charge in [-0.05, 0) is 30.7 Å². The van der Waals surface area contributed by atoms with E-state index >= 15 is 0 Å². The summed E-state index contributed by atoms with van der Waals surface area (Å²) in [5.41, 5.74) is 13.6. The van der Waals surface area contributed by atoms with Gasteiger partial charge in [-0.3, -0.25) is 0 Å². The van der Waals surface area contributed by atoms with Crippen LogP contribution in [0.3, 0.4) is 0 Å². The molecular formula is C7H12Cl2N2. The predicted molar refractivity (Wildman–Crippen MR) is 54.5 cm³/mol. The Morgan fingerprint density at radius 1 is 1.09 bits per heavy atom. The number of aryl methyl sites for hydroxylation is 1. The second-order valence-electron chi connectivity index (χ2n) is 2.12. The summed E-state index contributed by atoms with van der Waals surface area (Å²) in [6.07, 6.45) is 0. The Morgan fingerprint density at radius 2 is 1.64 bits per heavy atom. The van der Waals surface area contributed by atoms with Crippen molar-refractivity contribution in [3.05, 3.63) is 23.8 Å². The van der Waals surface area contributed by atoms with E-state index in [9.17, 15) is 0 Å². The van der Waals surface area contributed by atoms with Crippen LogP contribution in [0.1, 0.15) is 5.56 Å². The van der Waals surface area contributed by atoms with Crippen LogP contribution in [0.2, 0.25) is 0 Å². The quantitative estimate of drug-likeness (QED) is 0.622. The van der Waals surface area contributed by atoms with Crippen LogP contribution in [-0.4, -0.2) is 0 Å². The molecule has 0 aliphatic carbocycles. The minimum atomic E-state index is 0. The Morgan fingerprint density at radius 3 is 2.00 bits per heavy atom. The summed E-state index contributed by atoms with van der Waals surface area (Å²) < 4.78 is 0.